The van der Waals surface area contributed by atoms with Crippen molar-refractivity contribution in [2.24, 2.45) is 0 Å². The molecule has 0 saturated carbocycles. The Labute approximate surface area is 76.4 Å². The van der Waals surface area contributed by atoms with E-state index in [9.17, 15) is 4.79 Å². The van der Waals surface area contributed by atoms with Gasteiger partial charge in [-0.05, 0) is 30.9 Å². The van der Waals surface area contributed by atoms with Crippen LogP contribution in [0.4, 0.5) is 4.79 Å². The van der Waals surface area contributed by atoms with Crippen molar-refractivity contribution in [3.05, 3.63) is 11.1 Å². The van der Waals surface area contributed by atoms with Crippen LogP contribution >= 0.6 is 11.8 Å². The van der Waals surface area contributed by atoms with E-state index in [0.29, 0.717) is 6.54 Å². The van der Waals surface area contributed by atoms with E-state index in [0.717, 1.165) is 25.0 Å². The van der Waals surface area contributed by atoms with E-state index in [-0.39, 0.29) is 0 Å². The summed E-state index contributed by atoms with van der Waals surface area (Å²) >= 11 is 1.56. The highest BCUT2D eigenvalue weighted by atomic mass is 32.2. The van der Waals surface area contributed by atoms with Gasteiger partial charge < -0.3 is 5.11 Å². The molecule has 0 radical (unpaired) electrons. The number of thioether (sulfide) groups is 1. The Kier molecular flexibility index (Phi) is 3.47. The first-order valence-corrected chi connectivity index (χ1v) is 5.27. The van der Waals surface area contributed by atoms with Gasteiger partial charge >= 0.3 is 6.09 Å². The van der Waals surface area contributed by atoms with Crippen LogP contribution in [0.2, 0.25) is 0 Å². The number of likely N-dealkylation sites (tertiary alicyclic amines) is 1. The third-order valence-electron chi connectivity index (χ3n) is 1.90. The molecule has 1 aliphatic rings. The van der Waals surface area contributed by atoms with E-state index in [2.05, 4.69) is 0 Å². The Bertz CT molecular complexity index is 203. The van der Waals surface area contributed by atoms with Gasteiger partial charge in [-0.3, -0.25) is 4.90 Å². The highest BCUT2D eigenvalue weighted by Crippen LogP contribution is 2.22. The summed E-state index contributed by atoms with van der Waals surface area (Å²) in [5.74, 6) is 0. The van der Waals surface area contributed by atoms with Gasteiger partial charge in [0, 0.05) is 12.2 Å². The van der Waals surface area contributed by atoms with Crippen LogP contribution in [0, 0.1) is 0 Å². The largest absolute Gasteiger partial charge is 0.465 e. The summed E-state index contributed by atoms with van der Waals surface area (Å²) in [6.07, 6.45) is 4.11. The Morgan fingerprint density at radius 3 is 3.00 bits per heavy atom. The third kappa shape index (κ3) is 2.17. The Balaban J connectivity index is 2.67. The number of nitrogens with zero attached hydrogens (tertiary/aromatic N) is 1. The molecule has 1 rings (SSSR count). The van der Waals surface area contributed by atoms with Crippen LogP contribution in [0.25, 0.3) is 0 Å². The predicted octanol–water partition coefficient (Wildman–Crippen LogP) is 2.35. The van der Waals surface area contributed by atoms with Gasteiger partial charge in [0.2, 0.25) is 0 Å². The summed E-state index contributed by atoms with van der Waals surface area (Å²) < 4.78 is 0. The molecule has 0 spiro atoms. The molecule has 12 heavy (non-hydrogen) atoms. The second-order valence-electron chi connectivity index (χ2n) is 2.74. The van der Waals surface area contributed by atoms with Gasteiger partial charge in [0.05, 0.1) is 0 Å². The molecule has 4 heteroatoms. The number of rotatable bonds is 1. The molecule has 0 aromatic rings. The van der Waals surface area contributed by atoms with Crippen LogP contribution < -0.4 is 0 Å². The molecule has 0 atom stereocenters. The zero-order valence-electron chi connectivity index (χ0n) is 7.12. The molecule has 1 fully saturated rings. The summed E-state index contributed by atoms with van der Waals surface area (Å²) in [6, 6.07) is 0. The molecule has 1 saturated heterocycles. The quantitative estimate of drug-likeness (QED) is 0.685. The molecule has 1 aliphatic heterocycles. The number of piperidine rings is 1. The second-order valence-corrected chi connectivity index (χ2v) is 3.44. The second kappa shape index (κ2) is 4.40. The number of hydrogen-bond donors (Lipinski definition) is 1. The van der Waals surface area contributed by atoms with Crippen molar-refractivity contribution in [1.29, 1.82) is 0 Å². The molecule has 0 aromatic heterocycles. The smallest absolute Gasteiger partial charge is 0.411 e. The Morgan fingerprint density at radius 1 is 1.67 bits per heavy atom. The Morgan fingerprint density at radius 2 is 2.42 bits per heavy atom. The van der Waals surface area contributed by atoms with Gasteiger partial charge in [0.1, 0.15) is 0 Å². The zero-order valence-corrected chi connectivity index (χ0v) is 7.93. The van der Waals surface area contributed by atoms with Gasteiger partial charge in [-0.15, -0.1) is 11.8 Å². The lowest BCUT2D eigenvalue weighted by Crippen LogP contribution is -2.32. The third-order valence-corrected chi connectivity index (χ3v) is 2.40. The molecule has 68 valence electrons. The number of carboxylic acid groups (broad SMARTS) is 1. The van der Waals surface area contributed by atoms with Crippen molar-refractivity contribution >= 4 is 17.9 Å². The SMILES string of the molecule is CSC=C1CCCCN1C(=O)O. The molecule has 0 bridgehead atoms. The summed E-state index contributed by atoms with van der Waals surface area (Å²) in [5.41, 5.74) is 0.946. The fraction of sp³-hybridized carbons (Fsp3) is 0.625. The topological polar surface area (TPSA) is 40.5 Å². The number of hydrogen-bond acceptors (Lipinski definition) is 2. The van der Waals surface area contributed by atoms with Gasteiger partial charge in [0.15, 0.2) is 0 Å². The van der Waals surface area contributed by atoms with Crippen LogP contribution in [-0.2, 0) is 0 Å². The van der Waals surface area contributed by atoms with Crippen molar-refractivity contribution in [1.82, 2.24) is 4.90 Å². The van der Waals surface area contributed by atoms with Gasteiger partial charge in [-0.1, -0.05) is 0 Å². The molecule has 1 heterocycles. The van der Waals surface area contributed by atoms with Crippen molar-refractivity contribution in [3.8, 4) is 0 Å². The highest BCUT2D eigenvalue weighted by Gasteiger charge is 2.19. The molecule has 0 aliphatic carbocycles. The predicted molar refractivity (Wildman–Crippen MR) is 50.2 cm³/mol. The van der Waals surface area contributed by atoms with Crippen LogP contribution in [0.1, 0.15) is 19.3 Å². The fourth-order valence-corrected chi connectivity index (χ4v) is 1.85. The van der Waals surface area contributed by atoms with Crippen molar-refractivity contribution in [3.63, 3.8) is 0 Å². The normalized spacial score (nSPS) is 21.4. The zero-order chi connectivity index (χ0) is 8.97. The van der Waals surface area contributed by atoms with Crippen LogP contribution in [-0.4, -0.2) is 28.9 Å². The monoisotopic (exact) mass is 187 g/mol. The van der Waals surface area contributed by atoms with Crippen LogP contribution in [0.5, 0.6) is 0 Å². The molecular formula is C8H13NO2S. The van der Waals surface area contributed by atoms with Gasteiger partial charge in [-0.2, -0.15) is 0 Å². The van der Waals surface area contributed by atoms with E-state index in [1.807, 2.05) is 11.7 Å². The first-order chi connectivity index (χ1) is 5.75. The minimum atomic E-state index is -0.824. The average Bonchev–Trinajstić information content (AvgIpc) is 2.05. The molecule has 0 aromatic carbocycles. The Hall–Kier alpha value is -0.640. The summed E-state index contributed by atoms with van der Waals surface area (Å²) in [6.45, 7) is 0.654. The lowest BCUT2D eigenvalue weighted by molar-refractivity contribution is 0.151. The minimum Gasteiger partial charge on any atom is -0.465 e. The molecule has 1 amide bonds. The summed E-state index contributed by atoms with van der Waals surface area (Å²) in [5, 5.41) is 10.7. The van der Waals surface area contributed by atoms with Gasteiger partial charge in [-0.25, -0.2) is 4.79 Å². The van der Waals surface area contributed by atoms with E-state index in [4.69, 9.17) is 5.11 Å². The van der Waals surface area contributed by atoms with E-state index < -0.39 is 6.09 Å². The lowest BCUT2D eigenvalue weighted by Gasteiger charge is -2.26. The number of carbonyl (C=O) groups is 1. The van der Waals surface area contributed by atoms with Crippen LogP contribution in [0.3, 0.4) is 0 Å². The van der Waals surface area contributed by atoms with Crippen molar-refractivity contribution in [2.75, 3.05) is 12.8 Å². The first-order valence-electron chi connectivity index (χ1n) is 3.98. The fourth-order valence-electron chi connectivity index (χ4n) is 1.33. The van der Waals surface area contributed by atoms with Crippen molar-refractivity contribution in [2.45, 2.75) is 19.3 Å². The standard InChI is InChI=1S/C8H13NO2S/c1-12-6-7-4-2-3-5-9(7)8(10)11/h6H,2-5H2,1H3,(H,10,11). The highest BCUT2D eigenvalue weighted by molar-refractivity contribution is 8.01. The van der Waals surface area contributed by atoms with Crippen LogP contribution in [0.15, 0.2) is 11.1 Å². The van der Waals surface area contributed by atoms with E-state index >= 15 is 0 Å². The maximum atomic E-state index is 10.7. The van der Waals surface area contributed by atoms with Crippen molar-refractivity contribution < 1.29 is 9.90 Å². The summed E-state index contributed by atoms with van der Waals surface area (Å²) in [7, 11) is 0. The van der Waals surface area contributed by atoms with E-state index in [1.54, 1.807) is 11.8 Å². The number of allylic oxidation sites excluding steroid dienone is 1. The summed E-state index contributed by atoms with van der Waals surface area (Å²) in [4.78, 5) is 12.2. The van der Waals surface area contributed by atoms with E-state index in [1.165, 1.54) is 4.90 Å². The first kappa shape index (κ1) is 9.45. The lowest BCUT2D eigenvalue weighted by atomic mass is 10.1. The molecule has 0 unspecified atom stereocenters. The average molecular weight is 187 g/mol. The maximum absolute atomic E-state index is 10.7. The maximum Gasteiger partial charge on any atom is 0.411 e. The molecule has 3 nitrogen and oxygen atoms in total. The number of amides is 1. The van der Waals surface area contributed by atoms with Gasteiger partial charge in [0.25, 0.3) is 0 Å². The minimum absolute atomic E-state index is 0.654. The molecule has 1 N–H and O–H groups in total. The molecular weight excluding hydrogens is 174 g/mol.